The SMILES string of the molecule is Nc1ccc2c(c1)c(Br)nn2-c1ccc(OC(F)(F)F)cc1. The molecule has 0 atom stereocenters. The fourth-order valence-electron chi connectivity index (χ4n) is 2.08. The van der Waals surface area contributed by atoms with E-state index in [-0.39, 0.29) is 5.75 Å². The van der Waals surface area contributed by atoms with Crippen molar-refractivity contribution in [2.24, 2.45) is 0 Å². The molecule has 0 saturated heterocycles. The van der Waals surface area contributed by atoms with Crippen LogP contribution in [0.2, 0.25) is 0 Å². The van der Waals surface area contributed by atoms with Gasteiger partial charge in [0.25, 0.3) is 0 Å². The number of hydrogen-bond donors (Lipinski definition) is 1. The molecule has 0 spiro atoms. The van der Waals surface area contributed by atoms with Crippen LogP contribution in [0.4, 0.5) is 18.9 Å². The minimum absolute atomic E-state index is 0.281. The van der Waals surface area contributed by atoms with E-state index in [4.69, 9.17) is 5.73 Å². The zero-order valence-electron chi connectivity index (χ0n) is 10.9. The van der Waals surface area contributed by atoms with Crippen molar-refractivity contribution in [3.05, 3.63) is 47.1 Å². The third-order valence-corrected chi connectivity index (χ3v) is 3.56. The normalized spacial score (nSPS) is 11.8. The first-order valence-electron chi connectivity index (χ1n) is 6.13. The van der Waals surface area contributed by atoms with Crippen LogP contribution in [-0.4, -0.2) is 16.1 Å². The van der Waals surface area contributed by atoms with Crippen molar-refractivity contribution >= 4 is 32.5 Å². The average Bonchev–Trinajstić information content (AvgIpc) is 2.75. The van der Waals surface area contributed by atoms with Crippen molar-refractivity contribution in [1.82, 2.24) is 9.78 Å². The monoisotopic (exact) mass is 371 g/mol. The maximum absolute atomic E-state index is 12.2. The number of nitrogens with zero attached hydrogens (tertiary/aromatic N) is 2. The molecule has 2 N–H and O–H groups in total. The van der Waals surface area contributed by atoms with Crippen LogP contribution >= 0.6 is 15.9 Å². The molecule has 0 unspecified atom stereocenters. The number of ether oxygens (including phenoxy) is 1. The van der Waals surface area contributed by atoms with Gasteiger partial charge in [0, 0.05) is 11.1 Å². The summed E-state index contributed by atoms with van der Waals surface area (Å²) in [6.07, 6.45) is -4.71. The molecule has 3 aromatic rings. The van der Waals surface area contributed by atoms with Gasteiger partial charge >= 0.3 is 6.36 Å². The number of nitrogen functional groups attached to an aromatic ring is 1. The average molecular weight is 372 g/mol. The second-order valence-corrected chi connectivity index (χ2v) is 5.27. The van der Waals surface area contributed by atoms with Crippen molar-refractivity contribution in [1.29, 1.82) is 0 Å². The molecule has 0 aliphatic carbocycles. The Morgan fingerprint density at radius 1 is 1.09 bits per heavy atom. The summed E-state index contributed by atoms with van der Waals surface area (Å²) in [5.41, 5.74) is 7.73. The summed E-state index contributed by atoms with van der Waals surface area (Å²) in [6.45, 7) is 0. The summed E-state index contributed by atoms with van der Waals surface area (Å²) in [5.74, 6) is -0.281. The van der Waals surface area contributed by atoms with E-state index >= 15 is 0 Å². The summed E-state index contributed by atoms with van der Waals surface area (Å²) in [4.78, 5) is 0. The van der Waals surface area contributed by atoms with E-state index in [1.165, 1.54) is 24.3 Å². The Morgan fingerprint density at radius 3 is 2.41 bits per heavy atom. The molecular formula is C14H9BrF3N3O. The van der Waals surface area contributed by atoms with E-state index in [2.05, 4.69) is 25.8 Å². The van der Waals surface area contributed by atoms with Crippen LogP contribution < -0.4 is 10.5 Å². The Morgan fingerprint density at radius 2 is 1.77 bits per heavy atom. The molecule has 1 heterocycles. The molecule has 2 aromatic carbocycles. The lowest BCUT2D eigenvalue weighted by Crippen LogP contribution is -2.17. The third kappa shape index (κ3) is 2.87. The maximum Gasteiger partial charge on any atom is 0.573 e. The Hall–Kier alpha value is -2.22. The quantitative estimate of drug-likeness (QED) is 0.684. The molecule has 0 radical (unpaired) electrons. The summed E-state index contributed by atoms with van der Waals surface area (Å²) in [5, 5.41) is 5.14. The zero-order chi connectivity index (χ0) is 15.9. The number of aromatic nitrogens is 2. The molecule has 0 aliphatic heterocycles. The number of halogens is 4. The Labute approximate surface area is 131 Å². The number of benzene rings is 2. The van der Waals surface area contributed by atoms with Gasteiger partial charge < -0.3 is 10.5 Å². The second kappa shape index (κ2) is 5.20. The van der Waals surface area contributed by atoms with E-state index < -0.39 is 6.36 Å². The van der Waals surface area contributed by atoms with Gasteiger partial charge in [0.05, 0.1) is 11.2 Å². The van der Waals surface area contributed by atoms with Crippen molar-refractivity contribution in [2.75, 3.05) is 5.73 Å². The molecule has 114 valence electrons. The summed E-state index contributed by atoms with van der Waals surface area (Å²) in [7, 11) is 0. The maximum atomic E-state index is 12.2. The molecular weight excluding hydrogens is 363 g/mol. The van der Waals surface area contributed by atoms with Crippen LogP contribution in [0.1, 0.15) is 0 Å². The van der Waals surface area contributed by atoms with Gasteiger partial charge in [-0.1, -0.05) is 0 Å². The Bertz CT molecular complexity index is 828. The molecule has 3 rings (SSSR count). The van der Waals surface area contributed by atoms with E-state index in [0.717, 1.165) is 10.9 Å². The number of alkyl halides is 3. The highest BCUT2D eigenvalue weighted by Crippen LogP contribution is 2.29. The summed E-state index contributed by atoms with van der Waals surface area (Å²) < 4.78 is 42.5. The molecule has 0 aliphatic rings. The minimum atomic E-state index is -4.71. The summed E-state index contributed by atoms with van der Waals surface area (Å²) in [6, 6.07) is 10.8. The van der Waals surface area contributed by atoms with Gasteiger partial charge in [-0.25, -0.2) is 4.68 Å². The first-order chi connectivity index (χ1) is 10.3. The van der Waals surface area contributed by atoms with Crippen LogP contribution in [0.15, 0.2) is 47.1 Å². The molecule has 0 saturated carbocycles. The van der Waals surface area contributed by atoms with Crippen LogP contribution in [-0.2, 0) is 0 Å². The predicted octanol–water partition coefficient (Wildman–Crippen LogP) is 4.27. The smallest absolute Gasteiger partial charge is 0.406 e. The number of nitrogens with two attached hydrogens (primary N) is 1. The number of anilines is 1. The topological polar surface area (TPSA) is 53.1 Å². The van der Waals surface area contributed by atoms with Gasteiger partial charge in [-0.3, -0.25) is 0 Å². The van der Waals surface area contributed by atoms with Crippen molar-refractivity contribution in [3.63, 3.8) is 0 Å². The minimum Gasteiger partial charge on any atom is -0.406 e. The highest BCUT2D eigenvalue weighted by atomic mass is 79.9. The Balaban J connectivity index is 2.01. The van der Waals surface area contributed by atoms with Gasteiger partial charge in [0.1, 0.15) is 10.4 Å². The van der Waals surface area contributed by atoms with Crippen molar-refractivity contribution in [3.8, 4) is 11.4 Å². The highest BCUT2D eigenvalue weighted by molar-refractivity contribution is 9.10. The molecule has 0 fully saturated rings. The molecule has 4 nitrogen and oxygen atoms in total. The van der Waals surface area contributed by atoms with Gasteiger partial charge in [-0.15, -0.1) is 13.2 Å². The van der Waals surface area contributed by atoms with Gasteiger partial charge in [0.2, 0.25) is 0 Å². The first-order valence-corrected chi connectivity index (χ1v) is 6.93. The van der Waals surface area contributed by atoms with Crippen molar-refractivity contribution in [2.45, 2.75) is 6.36 Å². The van der Waals surface area contributed by atoms with Crippen LogP contribution in [0.5, 0.6) is 5.75 Å². The summed E-state index contributed by atoms with van der Waals surface area (Å²) >= 11 is 3.34. The first kappa shape index (κ1) is 14.7. The van der Waals surface area contributed by atoms with Gasteiger partial charge in [-0.2, -0.15) is 5.10 Å². The van der Waals surface area contributed by atoms with Gasteiger partial charge in [0.15, 0.2) is 0 Å². The zero-order valence-corrected chi connectivity index (χ0v) is 12.5. The molecule has 0 bridgehead atoms. The van der Waals surface area contributed by atoms with E-state index in [1.54, 1.807) is 22.9 Å². The molecule has 0 amide bonds. The molecule has 8 heteroatoms. The fourth-order valence-corrected chi connectivity index (χ4v) is 2.56. The van der Waals surface area contributed by atoms with E-state index in [9.17, 15) is 13.2 Å². The molecule has 1 aromatic heterocycles. The molecule has 22 heavy (non-hydrogen) atoms. The largest absolute Gasteiger partial charge is 0.573 e. The lowest BCUT2D eigenvalue weighted by Gasteiger charge is -2.09. The number of hydrogen-bond acceptors (Lipinski definition) is 3. The Kier molecular flexibility index (Phi) is 3.48. The van der Waals surface area contributed by atoms with Crippen LogP contribution in [0.3, 0.4) is 0 Å². The predicted molar refractivity (Wildman–Crippen MR) is 79.9 cm³/mol. The fraction of sp³-hybridized carbons (Fsp3) is 0.0714. The van der Waals surface area contributed by atoms with Crippen LogP contribution in [0.25, 0.3) is 16.6 Å². The third-order valence-electron chi connectivity index (χ3n) is 2.97. The lowest BCUT2D eigenvalue weighted by atomic mass is 10.2. The van der Waals surface area contributed by atoms with E-state index in [0.29, 0.717) is 16.0 Å². The number of rotatable bonds is 2. The standard InChI is InChI=1S/C14H9BrF3N3O/c15-13-11-7-8(19)1-6-12(11)21(20-13)9-2-4-10(5-3-9)22-14(16,17)18/h1-7H,19H2. The second-order valence-electron chi connectivity index (χ2n) is 4.52. The highest BCUT2D eigenvalue weighted by Gasteiger charge is 2.31. The van der Waals surface area contributed by atoms with Gasteiger partial charge in [-0.05, 0) is 58.4 Å². The van der Waals surface area contributed by atoms with Crippen molar-refractivity contribution < 1.29 is 17.9 Å². The van der Waals surface area contributed by atoms with E-state index in [1.807, 2.05) is 0 Å². The van der Waals surface area contributed by atoms with Crippen LogP contribution in [0, 0.1) is 0 Å². The lowest BCUT2D eigenvalue weighted by molar-refractivity contribution is -0.274. The number of fused-ring (bicyclic) bond motifs is 1.